The van der Waals surface area contributed by atoms with Crippen molar-refractivity contribution in [1.29, 1.82) is 0 Å². The normalized spacial score (nSPS) is 14.7. The number of allylic oxidation sites excluding steroid dienone is 4. The lowest BCUT2D eigenvalue weighted by Crippen LogP contribution is -2.26. The third-order valence-corrected chi connectivity index (χ3v) is 10.7. The van der Waals surface area contributed by atoms with E-state index in [9.17, 15) is 14.4 Å². The van der Waals surface area contributed by atoms with E-state index in [1.807, 2.05) is 0 Å². The summed E-state index contributed by atoms with van der Waals surface area (Å²) in [6.07, 6.45) is 2.46. The first-order valence-electron chi connectivity index (χ1n) is 15.7. The molecule has 0 unspecified atom stereocenters. The predicted octanol–water partition coefficient (Wildman–Crippen LogP) is 9.78. The van der Waals surface area contributed by atoms with Crippen molar-refractivity contribution in [2.75, 3.05) is 7.05 Å². The number of rotatable bonds is 2. The van der Waals surface area contributed by atoms with E-state index in [1.165, 1.54) is 58.8 Å². The fourth-order valence-corrected chi connectivity index (χ4v) is 6.08. The van der Waals surface area contributed by atoms with Crippen LogP contribution in [0.5, 0.6) is 0 Å². The smallest absolute Gasteiger partial charge is 0.256 e. The molecule has 0 atom stereocenters. The van der Waals surface area contributed by atoms with Crippen LogP contribution in [0.15, 0.2) is 33.4 Å². The molecular weight excluding hydrogens is 542 g/mol. The molecule has 2 aromatic carbocycles. The van der Waals surface area contributed by atoms with Crippen LogP contribution in [-0.2, 0) is 9.59 Å². The molecule has 44 heavy (non-hydrogen) atoms. The highest BCUT2D eigenvalue weighted by Gasteiger charge is 2.29. The van der Waals surface area contributed by atoms with Crippen LogP contribution in [0, 0.1) is 69.2 Å². The second-order valence-corrected chi connectivity index (χ2v) is 13.3. The van der Waals surface area contributed by atoms with Crippen LogP contribution in [0.2, 0.25) is 0 Å². The van der Waals surface area contributed by atoms with E-state index >= 15 is 0 Å². The first-order chi connectivity index (χ1) is 20.2. The molecule has 4 rings (SSSR count). The van der Waals surface area contributed by atoms with Gasteiger partial charge in [-0.15, -0.1) is 0 Å². The Balaban J connectivity index is 0.000000276. The van der Waals surface area contributed by atoms with E-state index < -0.39 is 0 Å². The molecule has 4 nitrogen and oxygen atoms in total. The van der Waals surface area contributed by atoms with Gasteiger partial charge in [0.05, 0.1) is 0 Å². The topological polar surface area (TPSA) is 54.5 Å². The van der Waals surface area contributed by atoms with Crippen molar-refractivity contribution >= 4 is 17.6 Å². The van der Waals surface area contributed by atoms with Gasteiger partial charge in [-0.3, -0.25) is 19.3 Å². The van der Waals surface area contributed by atoms with E-state index in [0.717, 1.165) is 38.3 Å². The summed E-state index contributed by atoms with van der Waals surface area (Å²) in [5.74, 6) is -0.178. The summed E-state index contributed by atoms with van der Waals surface area (Å²) in [5.41, 5.74) is 21.2. The van der Waals surface area contributed by atoms with Crippen LogP contribution >= 0.6 is 0 Å². The Morgan fingerprint density at radius 2 is 0.727 bits per heavy atom. The number of nitrogens with zero attached hydrogens (tertiary/aromatic N) is 1. The molecule has 2 aliphatic rings. The van der Waals surface area contributed by atoms with Gasteiger partial charge >= 0.3 is 0 Å². The third-order valence-electron chi connectivity index (χ3n) is 10.7. The molecule has 4 heteroatoms. The van der Waals surface area contributed by atoms with Crippen molar-refractivity contribution in [2.24, 2.45) is 0 Å². The number of hydrogen-bond acceptors (Lipinski definition) is 3. The molecule has 0 spiro atoms. The summed E-state index contributed by atoms with van der Waals surface area (Å²) in [7, 11) is 1.49. The molecule has 238 valence electrons. The largest absolute Gasteiger partial charge is 0.289 e. The standard InChI is InChI=1S/C23H30O.C10H16.C7H9NO2/c1-11-13(3)17(7)21(18(8)14(11)4)23(24)22-19(9)15(5)12(2)16(6)20(22)10;1-7(2)10-5-8(3)9(4)6-10;1-4-5(2)7(10)8(3)6(4)9/h1-10H3;5-6H2,1-4H3;1-3H3. The van der Waals surface area contributed by atoms with Crippen LogP contribution in [-0.4, -0.2) is 29.5 Å². The first kappa shape index (κ1) is 36.7. The van der Waals surface area contributed by atoms with Crippen LogP contribution in [0.3, 0.4) is 0 Å². The van der Waals surface area contributed by atoms with Gasteiger partial charge in [-0.25, -0.2) is 0 Å². The highest BCUT2D eigenvalue weighted by molar-refractivity contribution is 6.18. The van der Waals surface area contributed by atoms with E-state index in [1.54, 1.807) is 30.6 Å². The molecule has 0 bridgehead atoms. The fourth-order valence-electron chi connectivity index (χ4n) is 6.08. The molecule has 0 saturated carbocycles. The number of ketones is 1. The third kappa shape index (κ3) is 6.90. The number of carbonyl (C=O) groups is 3. The lowest BCUT2D eigenvalue weighted by molar-refractivity contribution is -0.135. The van der Waals surface area contributed by atoms with Crippen molar-refractivity contribution in [1.82, 2.24) is 4.90 Å². The highest BCUT2D eigenvalue weighted by Crippen LogP contribution is 2.33. The molecule has 2 aromatic rings. The van der Waals surface area contributed by atoms with Gasteiger partial charge in [-0.1, -0.05) is 22.3 Å². The lowest BCUT2D eigenvalue weighted by Gasteiger charge is -2.22. The molecular formula is C40H55NO3. The maximum Gasteiger partial charge on any atom is 0.256 e. The Morgan fingerprint density at radius 3 is 0.909 bits per heavy atom. The van der Waals surface area contributed by atoms with Crippen LogP contribution in [0.25, 0.3) is 0 Å². The van der Waals surface area contributed by atoms with Crippen molar-refractivity contribution in [3.8, 4) is 0 Å². The molecule has 0 N–H and O–H groups in total. The average Bonchev–Trinajstić information content (AvgIpc) is 3.40. The molecule has 1 aliphatic carbocycles. The number of imide groups is 1. The molecule has 1 heterocycles. The van der Waals surface area contributed by atoms with E-state index in [2.05, 4.69) is 96.9 Å². The quantitative estimate of drug-likeness (QED) is 0.197. The first-order valence-corrected chi connectivity index (χ1v) is 15.7. The minimum atomic E-state index is -0.178. The van der Waals surface area contributed by atoms with Crippen molar-refractivity contribution in [2.45, 2.75) is 124 Å². The summed E-state index contributed by atoms with van der Waals surface area (Å²) >= 11 is 0. The summed E-state index contributed by atoms with van der Waals surface area (Å²) in [6, 6.07) is 0. The van der Waals surface area contributed by atoms with Gasteiger partial charge in [0.15, 0.2) is 5.78 Å². The SMILES string of the molecule is CC(C)=C1CC(C)=C(C)C1.CC1=C(C)C(=O)N(C)C1=O.Cc1c(C)c(C)c(C(=O)c2c(C)c(C)c(C)c(C)c2C)c(C)c1C. The number of carbonyl (C=O) groups excluding carboxylic acids is 3. The molecule has 2 amide bonds. The number of hydrogen-bond donors (Lipinski definition) is 0. The minimum absolute atomic E-state index is 0.178. The highest BCUT2D eigenvalue weighted by atomic mass is 16.2. The average molecular weight is 598 g/mol. The Labute approximate surface area is 267 Å². The van der Waals surface area contributed by atoms with Gasteiger partial charge in [0, 0.05) is 29.3 Å². The molecule has 0 aromatic heterocycles. The lowest BCUT2D eigenvalue weighted by atomic mass is 9.81. The van der Waals surface area contributed by atoms with Gasteiger partial charge < -0.3 is 0 Å². The van der Waals surface area contributed by atoms with Crippen molar-refractivity contribution in [3.05, 3.63) is 100 Å². The van der Waals surface area contributed by atoms with Crippen molar-refractivity contribution in [3.63, 3.8) is 0 Å². The molecule has 1 aliphatic heterocycles. The van der Waals surface area contributed by atoms with E-state index in [4.69, 9.17) is 0 Å². The Hall–Kier alpha value is -3.53. The molecule has 0 saturated heterocycles. The number of likely N-dealkylation sites (N-methyl/N-ethyl adjacent to an activating group) is 1. The van der Waals surface area contributed by atoms with Gasteiger partial charge in [0.25, 0.3) is 11.8 Å². The van der Waals surface area contributed by atoms with Crippen LogP contribution < -0.4 is 0 Å². The Morgan fingerprint density at radius 1 is 0.477 bits per heavy atom. The van der Waals surface area contributed by atoms with Gasteiger partial charge in [-0.05, 0) is 179 Å². The maximum absolute atomic E-state index is 13.6. The van der Waals surface area contributed by atoms with E-state index in [-0.39, 0.29) is 17.6 Å². The van der Waals surface area contributed by atoms with E-state index in [0.29, 0.717) is 11.1 Å². The fraction of sp³-hybridized carbons (Fsp3) is 0.475. The second-order valence-electron chi connectivity index (χ2n) is 13.3. The second kappa shape index (κ2) is 14.1. The summed E-state index contributed by atoms with van der Waals surface area (Å²) in [5, 5.41) is 0. The monoisotopic (exact) mass is 597 g/mol. The zero-order chi connectivity index (χ0) is 34.1. The Kier molecular flexibility index (Phi) is 11.7. The summed E-state index contributed by atoms with van der Waals surface area (Å²) < 4.78 is 0. The molecule has 0 fully saturated rings. The molecule has 0 radical (unpaired) electrons. The summed E-state index contributed by atoms with van der Waals surface area (Å²) in [4.78, 5) is 36.6. The summed E-state index contributed by atoms with van der Waals surface area (Å²) in [6.45, 7) is 33.4. The zero-order valence-electron chi connectivity index (χ0n) is 30.6. The Bertz CT molecular complexity index is 1480. The maximum atomic E-state index is 13.6. The predicted molar refractivity (Wildman–Crippen MR) is 186 cm³/mol. The number of amides is 2. The zero-order valence-corrected chi connectivity index (χ0v) is 30.6. The van der Waals surface area contributed by atoms with Gasteiger partial charge in [0.2, 0.25) is 0 Å². The van der Waals surface area contributed by atoms with Crippen LogP contribution in [0.4, 0.5) is 0 Å². The number of benzene rings is 2. The van der Waals surface area contributed by atoms with Gasteiger partial charge in [0.1, 0.15) is 0 Å². The van der Waals surface area contributed by atoms with Gasteiger partial charge in [-0.2, -0.15) is 0 Å². The van der Waals surface area contributed by atoms with Crippen LogP contribution in [0.1, 0.15) is 126 Å². The minimum Gasteiger partial charge on any atom is -0.289 e. The van der Waals surface area contributed by atoms with Crippen molar-refractivity contribution < 1.29 is 14.4 Å².